The van der Waals surface area contributed by atoms with Crippen LogP contribution in [0.4, 0.5) is 4.79 Å². The number of alkyl carbamates (subject to hydrolysis) is 1. The summed E-state index contributed by atoms with van der Waals surface area (Å²) in [7, 11) is -0.532. The molecule has 6 atom stereocenters. The van der Waals surface area contributed by atoms with E-state index in [1.54, 1.807) is 6.26 Å². The number of hydrogen-bond donors (Lipinski definition) is 2. The van der Waals surface area contributed by atoms with E-state index in [2.05, 4.69) is 31.4 Å². The van der Waals surface area contributed by atoms with Crippen molar-refractivity contribution in [2.45, 2.75) is 76.6 Å². The summed E-state index contributed by atoms with van der Waals surface area (Å²) in [4.78, 5) is 12.9. The lowest BCUT2D eigenvalue weighted by atomic mass is 9.43. The van der Waals surface area contributed by atoms with Crippen molar-refractivity contribution < 1.29 is 23.3 Å². The molecule has 182 valence electrons. The molecule has 0 spiro atoms. The van der Waals surface area contributed by atoms with E-state index in [4.69, 9.17) is 18.5 Å². The molecule has 5 fully saturated rings. The number of hydrogen-bond acceptors (Lipinski definition) is 6. The molecular formula is C26H35BN2O5. The van der Waals surface area contributed by atoms with Gasteiger partial charge in [0.15, 0.2) is 0 Å². The van der Waals surface area contributed by atoms with Crippen LogP contribution in [-0.2, 0) is 20.5 Å². The number of fused-ring (bicyclic) bond motifs is 1. The Kier molecular flexibility index (Phi) is 5.46. The Bertz CT molecular complexity index is 1070. The third kappa shape index (κ3) is 3.66. The van der Waals surface area contributed by atoms with Crippen molar-refractivity contribution in [2.24, 2.45) is 17.3 Å². The Morgan fingerprint density at radius 3 is 2.94 bits per heavy atom. The highest BCUT2D eigenvalue weighted by Gasteiger charge is 2.68. The van der Waals surface area contributed by atoms with E-state index in [0.717, 1.165) is 42.3 Å². The van der Waals surface area contributed by atoms with Crippen LogP contribution in [0.3, 0.4) is 0 Å². The number of piperidine rings is 1. The Hall–Kier alpha value is -2.03. The normalized spacial score (nSPS) is 34.9. The number of para-hydroxylation sites is 1. The van der Waals surface area contributed by atoms with E-state index < -0.39 is 13.2 Å². The van der Waals surface area contributed by atoms with Gasteiger partial charge in [-0.05, 0) is 74.5 Å². The van der Waals surface area contributed by atoms with Gasteiger partial charge < -0.3 is 29.1 Å². The molecule has 5 aliphatic rings. The predicted molar refractivity (Wildman–Crippen MR) is 129 cm³/mol. The van der Waals surface area contributed by atoms with Gasteiger partial charge in [-0.25, -0.2) is 4.79 Å². The maximum Gasteiger partial charge on any atom is 0.482 e. The number of carbonyl (C=O) groups excluding carboxylic acids is 1. The summed E-state index contributed by atoms with van der Waals surface area (Å²) in [5.74, 6) is 0.753. The van der Waals surface area contributed by atoms with Crippen molar-refractivity contribution in [2.75, 3.05) is 13.1 Å². The fraction of sp³-hybridized carbons (Fsp3) is 0.654. The van der Waals surface area contributed by atoms with Crippen molar-refractivity contribution >= 4 is 24.2 Å². The molecule has 2 aromatic rings. The molecule has 3 saturated carbocycles. The number of rotatable bonds is 5. The van der Waals surface area contributed by atoms with Crippen LogP contribution in [0.25, 0.3) is 11.0 Å². The lowest BCUT2D eigenvalue weighted by molar-refractivity contribution is -0.199. The number of amides is 1. The first kappa shape index (κ1) is 22.4. The van der Waals surface area contributed by atoms with Crippen molar-refractivity contribution in [1.29, 1.82) is 0 Å². The summed E-state index contributed by atoms with van der Waals surface area (Å²) in [6.07, 6.45) is 5.94. The van der Waals surface area contributed by atoms with Crippen LogP contribution in [0.5, 0.6) is 0 Å². The molecule has 3 aliphatic carbocycles. The fourth-order valence-corrected chi connectivity index (χ4v) is 6.97. The van der Waals surface area contributed by atoms with Gasteiger partial charge in [0, 0.05) is 11.9 Å². The maximum absolute atomic E-state index is 12.9. The highest BCUT2D eigenvalue weighted by Crippen LogP contribution is 2.65. The van der Waals surface area contributed by atoms with Gasteiger partial charge in [0.2, 0.25) is 0 Å². The van der Waals surface area contributed by atoms with E-state index in [9.17, 15) is 4.79 Å². The number of ether oxygens (including phenoxy) is 1. The number of carbonyl (C=O) groups is 1. The Morgan fingerprint density at radius 2 is 2.15 bits per heavy atom. The van der Waals surface area contributed by atoms with E-state index in [1.165, 1.54) is 6.42 Å². The van der Waals surface area contributed by atoms with Crippen molar-refractivity contribution in [3.05, 3.63) is 36.1 Å². The van der Waals surface area contributed by atoms with Gasteiger partial charge in [-0.1, -0.05) is 32.0 Å². The molecule has 2 saturated heterocycles. The summed E-state index contributed by atoms with van der Waals surface area (Å²) in [6.45, 7) is 8.58. The van der Waals surface area contributed by atoms with Crippen LogP contribution < -0.4 is 10.6 Å². The number of benzene rings is 1. The first-order valence-electron chi connectivity index (χ1n) is 12.8. The summed E-state index contributed by atoms with van der Waals surface area (Å²) >= 11 is 0. The molecule has 7 nitrogen and oxygen atoms in total. The lowest BCUT2D eigenvalue weighted by Gasteiger charge is -2.64. The minimum Gasteiger partial charge on any atom is -0.464 e. The van der Waals surface area contributed by atoms with Gasteiger partial charge in [0.25, 0.3) is 0 Å². The average molecular weight is 466 g/mol. The standard InChI is InChI=1S/C26H35BN2O5/c1-25(2)17-12-21(25)26(3)22(13-17)33-27(34-26)23(29-24(30)32-18-7-6-10-28-14-18)11-16-15-31-20-9-5-4-8-19(16)20/h4-5,8-9,15,17-18,21-23,28H,6-7,10-14H2,1-3H3,(H,29,30)/t17-,18-,21-,22+,23-,26-/m0/s1. The topological polar surface area (TPSA) is 82.0 Å². The van der Waals surface area contributed by atoms with E-state index >= 15 is 0 Å². The number of furan rings is 1. The van der Waals surface area contributed by atoms with Gasteiger partial charge in [-0.3, -0.25) is 0 Å². The highest BCUT2D eigenvalue weighted by atomic mass is 16.7. The zero-order valence-corrected chi connectivity index (χ0v) is 20.3. The average Bonchev–Trinajstić information content (AvgIpc) is 3.39. The molecule has 2 N–H and O–H groups in total. The maximum atomic E-state index is 12.9. The summed E-state index contributed by atoms with van der Waals surface area (Å²) in [5.41, 5.74) is 1.79. The molecule has 2 aliphatic heterocycles. The molecule has 2 bridgehead atoms. The molecule has 0 radical (unpaired) electrons. The monoisotopic (exact) mass is 466 g/mol. The second-order valence-corrected chi connectivity index (χ2v) is 11.4. The first-order valence-corrected chi connectivity index (χ1v) is 12.8. The van der Waals surface area contributed by atoms with Crippen molar-refractivity contribution in [1.82, 2.24) is 10.6 Å². The number of nitrogens with one attached hydrogen (secondary N) is 2. The lowest BCUT2D eigenvalue weighted by Crippen LogP contribution is -2.65. The molecule has 1 amide bonds. The van der Waals surface area contributed by atoms with Gasteiger partial charge >= 0.3 is 13.2 Å². The van der Waals surface area contributed by atoms with Crippen LogP contribution in [0.1, 0.15) is 52.0 Å². The van der Waals surface area contributed by atoms with Crippen molar-refractivity contribution in [3.8, 4) is 0 Å². The largest absolute Gasteiger partial charge is 0.482 e. The quantitative estimate of drug-likeness (QED) is 0.647. The fourth-order valence-electron chi connectivity index (χ4n) is 6.97. The SMILES string of the molecule is CC1(C)[C@@H]2C[C@H]3OB([C@H](Cc4coc5ccccc45)NC(=O)O[C@H]4CCCNC4)O[C@@]3(C)[C@H]1C2. The zero-order chi connectivity index (χ0) is 23.5. The third-order valence-corrected chi connectivity index (χ3v) is 9.13. The molecule has 0 unspecified atom stereocenters. The summed E-state index contributed by atoms with van der Waals surface area (Å²) in [6, 6.07) is 7.97. The summed E-state index contributed by atoms with van der Waals surface area (Å²) < 4.78 is 24.8. The van der Waals surface area contributed by atoms with Gasteiger partial charge in [0.05, 0.1) is 23.9 Å². The van der Waals surface area contributed by atoms with Crippen molar-refractivity contribution in [3.63, 3.8) is 0 Å². The van der Waals surface area contributed by atoms with Gasteiger partial charge in [-0.15, -0.1) is 0 Å². The zero-order valence-electron chi connectivity index (χ0n) is 20.3. The predicted octanol–water partition coefficient (Wildman–Crippen LogP) is 4.09. The smallest absolute Gasteiger partial charge is 0.464 e. The van der Waals surface area contributed by atoms with Gasteiger partial charge in [0.1, 0.15) is 11.7 Å². The molecular weight excluding hydrogens is 431 g/mol. The van der Waals surface area contributed by atoms with Gasteiger partial charge in [-0.2, -0.15) is 0 Å². The minimum absolute atomic E-state index is 0.0539. The molecule has 8 heteroatoms. The second-order valence-electron chi connectivity index (χ2n) is 11.4. The van der Waals surface area contributed by atoms with Crippen LogP contribution in [0, 0.1) is 17.3 Å². The second kappa shape index (κ2) is 8.28. The molecule has 1 aromatic heterocycles. The highest BCUT2D eigenvalue weighted by molar-refractivity contribution is 6.48. The van der Waals surface area contributed by atoms with Crippen LogP contribution in [0.15, 0.2) is 34.9 Å². The van der Waals surface area contributed by atoms with E-state index in [0.29, 0.717) is 24.8 Å². The minimum atomic E-state index is -0.532. The molecule has 7 rings (SSSR count). The molecule has 3 heterocycles. The Labute approximate surface area is 201 Å². The third-order valence-electron chi connectivity index (χ3n) is 9.13. The molecule has 34 heavy (non-hydrogen) atoms. The van der Waals surface area contributed by atoms with Crippen LogP contribution >= 0.6 is 0 Å². The van der Waals surface area contributed by atoms with E-state index in [-0.39, 0.29) is 29.2 Å². The molecule has 1 aromatic carbocycles. The van der Waals surface area contributed by atoms with Crippen LogP contribution in [0.2, 0.25) is 0 Å². The first-order chi connectivity index (χ1) is 16.3. The van der Waals surface area contributed by atoms with E-state index in [1.807, 2.05) is 24.3 Å². The summed E-state index contributed by atoms with van der Waals surface area (Å²) in [5, 5.41) is 7.44. The Balaban J connectivity index is 1.23. The van der Waals surface area contributed by atoms with Crippen LogP contribution in [-0.4, -0.2) is 50.1 Å². The Morgan fingerprint density at radius 1 is 1.29 bits per heavy atom.